The molecule has 3 rings (SSSR count). The van der Waals surface area contributed by atoms with Crippen LogP contribution in [0.1, 0.15) is 38.2 Å². The van der Waals surface area contributed by atoms with Gasteiger partial charge in [0.1, 0.15) is 6.33 Å². The molecule has 0 spiro atoms. The van der Waals surface area contributed by atoms with E-state index in [1.165, 1.54) is 6.33 Å². The molecule has 0 bridgehead atoms. The van der Waals surface area contributed by atoms with Crippen molar-refractivity contribution >= 4 is 17.3 Å². The Kier molecular flexibility index (Phi) is 5.37. The average Bonchev–Trinajstić information content (AvgIpc) is 2.66. The fraction of sp³-hybridized carbons (Fsp3) is 0.471. The van der Waals surface area contributed by atoms with Crippen LogP contribution in [0, 0.1) is 10.1 Å². The molecule has 2 aromatic heterocycles. The van der Waals surface area contributed by atoms with Crippen molar-refractivity contribution in [3.63, 3.8) is 0 Å². The fourth-order valence-corrected chi connectivity index (χ4v) is 3.27. The molecular weight excluding hydrogens is 320 g/mol. The van der Waals surface area contributed by atoms with Gasteiger partial charge in [0.2, 0.25) is 11.6 Å². The number of nitro groups is 1. The Hall–Kier alpha value is -2.77. The van der Waals surface area contributed by atoms with Crippen LogP contribution < -0.4 is 10.2 Å². The number of hydrogen-bond acceptors (Lipinski definition) is 7. The molecule has 25 heavy (non-hydrogen) atoms. The Balaban J connectivity index is 1.90. The minimum absolute atomic E-state index is 0.0493. The zero-order valence-electron chi connectivity index (χ0n) is 14.3. The summed E-state index contributed by atoms with van der Waals surface area (Å²) >= 11 is 0. The molecule has 8 nitrogen and oxygen atoms in total. The van der Waals surface area contributed by atoms with Crippen molar-refractivity contribution in [2.24, 2.45) is 0 Å². The van der Waals surface area contributed by atoms with E-state index in [0.717, 1.165) is 37.8 Å². The summed E-state index contributed by atoms with van der Waals surface area (Å²) in [4.78, 5) is 25.8. The Morgan fingerprint density at radius 2 is 2.28 bits per heavy atom. The van der Waals surface area contributed by atoms with Crippen LogP contribution in [0.5, 0.6) is 0 Å². The van der Waals surface area contributed by atoms with Gasteiger partial charge in [0, 0.05) is 31.5 Å². The third-order valence-corrected chi connectivity index (χ3v) is 4.54. The predicted octanol–water partition coefficient (Wildman–Crippen LogP) is 3.16. The molecule has 1 saturated heterocycles. The summed E-state index contributed by atoms with van der Waals surface area (Å²) in [7, 11) is 0. The molecule has 1 N–H and O–H groups in total. The van der Waals surface area contributed by atoms with Crippen LogP contribution in [-0.4, -0.2) is 32.5 Å². The number of piperidine rings is 1. The topological polar surface area (TPSA) is 97.1 Å². The molecule has 8 heteroatoms. The van der Waals surface area contributed by atoms with E-state index in [2.05, 4.69) is 32.1 Å². The normalized spacial score (nSPS) is 17.3. The Morgan fingerprint density at radius 1 is 1.40 bits per heavy atom. The highest BCUT2D eigenvalue weighted by Crippen LogP contribution is 2.35. The van der Waals surface area contributed by atoms with Crippen LogP contribution in [-0.2, 0) is 6.54 Å². The highest BCUT2D eigenvalue weighted by molar-refractivity contribution is 5.70. The van der Waals surface area contributed by atoms with E-state index in [0.29, 0.717) is 12.4 Å². The summed E-state index contributed by atoms with van der Waals surface area (Å²) in [6, 6.07) is 4.02. The van der Waals surface area contributed by atoms with Gasteiger partial charge in [0.25, 0.3) is 0 Å². The maximum Gasteiger partial charge on any atom is 0.353 e. The van der Waals surface area contributed by atoms with Gasteiger partial charge in [-0.1, -0.05) is 13.0 Å². The first kappa shape index (κ1) is 17.1. The van der Waals surface area contributed by atoms with Gasteiger partial charge in [0.05, 0.1) is 4.92 Å². The second-order valence-corrected chi connectivity index (χ2v) is 6.12. The minimum atomic E-state index is -0.387. The van der Waals surface area contributed by atoms with Gasteiger partial charge in [0.15, 0.2) is 0 Å². The molecule has 0 radical (unpaired) electrons. The molecule has 1 aliphatic rings. The zero-order chi connectivity index (χ0) is 17.6. The van der Waals surface area contributed by atoms with Crippen LogP contribution in [0.4, 0.5) is 17.3 Å². The molecule has 2 aromatic rings. The van der Waals surface area contributed by atoms with Gasteiger partial charge >= 0.3 is 5.69 Å². The molecule has 0 amide bonds. The number of hydrogen-bond donors (Lipinski definition) is 1. The van der Waals surface area contributed by atoms with Crippen LogP contribution in [0.25, 0.3) is 0 Å². The van der Waals surface area contributed by atoms with Crippen molar-refractivity contribution in [1.29, 1.82) is 0 Å². The number of anilines is 2. The van der Waals surface area contributed by atoms with Crippen molar-refractivity contribution in [3.8, 4) is 0 Å². The highest BCUT2D eigenvalue weighted by Gasteiger charge is 2.31. The van der Waals surface area contributed by atoms with Gasteiger partial charge in [-0.2, -0.15) is 0 Å². The number of nitrogens with zero attached hydrogens (tertiary/aromatic N) is 5. The molecule has 1 fully saturated rings. The lowest BCUT2D eigenvalue weighted by Crippen LogP contribution is -2.40. The third kappa shape index (κ3) is 3.84. The first-order valence-electron chi connectivity index (χ1n) is 8.59. The zero-order valence-corrected chi connectivity index (χ0v) is 14.3. The Bertz CT molecular complexity index is 724. The van der Waals surface area contributed by atoms with E-state index in [1.807, 2.05) is 12.1 Å². The fourth-order valence-electron chi connectivity index (χ4n) is 3.27. The second-order valence-electron chi connectivity index (χ2n) is 6.12. The van der Waals surface area contributed by atoms with Crippen molar-refractivity contribution < 1.29 is 4.92 Å². The molecule has 132 valence electrons. The smallest absolute Gasteiger partial charge is 0.353 e. The number of aromatic nitrogens is 3. The van der Waals surface area contributed by atoms with Crippen molar-refractivity contribution in [3.05, 3.63) is 46.5 Å². The summed E-state index contributed by atoms with van der Waals surface area (Å²) < 4.78 is 0. The quantitative estimate of drug-likeness (QED) is 0.636. The van der Waals surface area contributed by atoms with E-state index in [-0.39, 0.29) is 22.5 Å². The molecule has 0 aromatic carbocycles. The lowest BCUT2D eigenvalue weighted by Gasteiger charge is -2.35. The van der Waals surface area contributed by atoms with Gasteiger partial charge < -0.3 is 10.2 Å². The largest absolute Gasteiger partial charge is 0.360 e. The number of pyridine rings is 1. The molecule has 0 saturated carbocycles. The van der Waals surface area contributed by atoms with Crippen LogP contribution >= 0.6 is 0 Å². The Morgan fingerprint density at radius 3 is 3.00 bits per heavy atom. The van der Waals surface area contributed by atoms with Crippen LogP contribution in [0.2, 0.25) is 0 Å². The summed E-state index contributed by atoms with van der Waals surface area (Å²) in [6.07, 6.45) is 8.97. The lowest BCUT2D eigenvalue weighted by molar-refractivity contribution is -0.383. The first-order valence-corrected chi connectivity index (χ1v) is 8.59. The van der Waals surface area contributed by atoms with Crippen molar-refractivity contribution in [1.82, 2.24) is 15.0 Å². The minimum Gasteiger partial charge on any atom is -0.360 e. The number of nitrogens with one attached hydrogen (secondary N) is 1. The molecule has 0 aliphatic carbocycles. The summed E-state index contributed by atoms with van der Waals surface area (Å²) in [5.41, 5.74) is 0.883. The summed E-state index contributed by atoms with van der Waals surface area (Å²) in [5.74, 6) is 0.666. The van der Waals surface area contributed by atoms with E-state index < -0.39 is 0 Å². The van der Waals surface area contributed by atoms with E-state index in [9.17, 15) is 10.1 Å². The highest BCUT2D eigenvalue weighted by atomic mass is 16.6. The lowest BCUT2D eigenvalue weighted by atomic mass is 10.00. The summed E-state index contributed by atoms with van der Waals surface area (Å²) in [5, 5.41) is 14.8. The molecular formula is C17H22N6O2. The van der Waals surface area contributed by atoms with E-state index in [1.54, 1.807) is 12.4 Å². The van der Waals surface area contributed by atoms with Crippen molar-refractivity contribution in [2.45, 2.75) is 45.2 Å². The monoisotopic (exact) mass is 342 g/mol. The first-order chi connectivity index (χ1) is 12.2. The third-order valence-electron chi connectivity index (χ3n) is 4.54. The maximum atomic E-state index is 11.7. The van der Waals surface area contributed by atoms with Gasteiger partial charge in [-0.3, -0.25) is 15.1 Å². The average molecular weight is 342 g/mol. The second kappa shape index (κ2) is 7.87. The molecule has 3 heterocycles. The van der Waals surface area contributed by atoms with Crippen LogP contribution in [0.3, 0.4) is 0 Å². The maximum absolute atomic E-state index is 11.7. The number of rotatable bonds is 6. The standard InChI is InChI=1S/C17H22N6O2/c1-2-14-7-3-4-9-22(14)17-15(23(24)25)16(20-12-21-17)19-11-13-6-5-8-18-10-13/h5-6,8,10,12,14H,2-4,7,9,11H2,1H3,(H,19,20,21). The van der Waals surface area contributed by atoms with Gasteiger partial charge in [-0.05, 0) is 37.3 Å². The van der Waals surface area contributed by atoms with E-state index >= 15 is 0 Å². The van der Waals surface area contributed by atoms with E-state index in [4.69, 9.17) is 0 Å². The summed E-state index contributed by atoms with van der Waals surface area (Å²) in [6.45, 7) is 3.32. The molecule has 1 unspecified atom stereocenters. The van der Waals surface area contributed by atoms with Crippen molar-refractivity contribution in [2.75, 3.05) is 16.8 Å². The Labute approximate surface area is 146 Å². The molecule has 1 atom stereocenters. The van der Waals surface area contributed by atoms with Crippen LogP contribution in [0.15, 0.2) is 30.9 Å². The van der Waals surface area contributed by atoms with Gasteiger partial charge in [-0.15, -0.1) is 0 Å². The predicted molar refractivity (Wildman–Crippen MR) is 95.5 cm³/mol. The SMILES string of the molecule is CCC1CCCCN1c1ncnc(NCc2cccnc2)c1[N+](=O)[O-]. The molecule has 1 aliphatic heterocycles. The van der Waals surface area contributed by atoms with Gasteiger partial charge in [-0.25, -0.2) is 9.97 Å².